The molecule has 1 aromatic carbocycles. The molecule has 0 aliphatic carbocycles. The number of aromatic nitrogens is 3. The quantitative estimate of drug-likeness (QED) is 0.791. The van der Waals surface area contributed by atoms with Gasteiger partial charge in [-0.25, -0.2) is 18.1 Å². The number of rotatable bonds is 3. The first-order valence-corrected chi connectivity index (χ1v) is 7.38. The molecule has 1 heterocycles. The number of hydrogen-bond acceptors (Lipinski definition) is 6. The van der Waals surface area contributed by atoms with Crippen LogP contribution in [-0.2, 0) is 10.0 Å². The third-order valence-corrected chi connectivity index (χ3v) is 3.97. The van der Waals surface area contributed by atoms with Gasteiger partial charge in [0.2, 0.25) is 0 Å². The second-order valence-corrected chi connectivity index (χ2v) is 5.66. The van der Waals surface area contributed by atoms with E-state index < -0.39 is 10.0 Å². The molecule has 0 saturated heterocycles. The summed E-state index contributed by atoms with van der Waals surface area (Å²) >= 11 is 0. The number of benzene rings is 1. The van der Waals surface area contributed by atoms with E-state index in [1.165, 1.54) is 18.5 Å². The minimum atomic E-state index is -3.84. The lowest BCUT2D eigenvalue weighted by molar-refractivity contribution is 0.350. The molecule has 0 saturated carbocycles. The fourth-order valence-corrected chi connectivity index (χ4v) is 2.80. The van der Waals surface area contributed by atoms with E-state index in [2.05, 4.69) is 31.7 Å². The van der Waals surface area contributed by atoms with Crippen molar-refractivity contribution in [2.24, 2.45) is 0 Å². The van der Waals surface area contributed by atoms with Gasteiger partial charge >= 0.3 is 0 Å². The number of aliphatic hydroxyl groups is 1. The zero-order chi connectivity index (χ0) is 15.3. The number of nitrogens with zero attached hydrogens (tertiary/aromatic N) is 3. The van der Waals surface area contributed by atoms with Gasteiger partial charge in [-0.15, -0.1) is 5.10 Å². The normalized spacial score (nSPS) is 10.6. The fraction of sp³-hybridized carbons (Fsp3) is 0.154. The molecule has 0 spiro atoms. The summed E-state index contributed by atoms with van der Waals surface area (Å²) in [5.74, 6) is 5.02. The molecule has 0 aliphatic heterocycles. The molecule has 0 amide bonds. The monoisotopic (exact) mass is 304 g/mol. The SMILES string of the molecule is Cc1ccc(C#CCO)cc1S(=O)(=O)Nc1nccnn1. The highest BCUT2D eigenvalue weighted by atomic mass is 32.2. The second kappa shape index (κ2) is 6.30. The van der Waals surface area contributed by atoms with Gasteiger partial charge in [-0.1, -0.05) is 17.9 Å². The molecule has 8 heteroatoms. The first-order valence-electron chi connectivity index (χ1n) is 5.90. The molecule has 2 rings (SSSR count). The molecular weight excluding hydrogens is 292 g/mol. The maximum absolute atomic E-state index is 12.3. The number of nitrogens with one attached hydrogen (secondary N) is 1. The summed E-state index contributed by atoms with van der Waals surface area (Å²) in [6, 6.07) is 4.74. The summed E-state index contributed by atoms with van der Waals surface area (Å²) in [7, 11) is -3.84. The van der Waals surface area contributed by atoms with Gasteiger partial charge in [-0.05, 0) is 24.6 Å². The van der Waals surface area contributed by atoms with Crippen molar-refractivity contribution in [3.8, 4) is 11.8 Å². The molecule has 0 aliphatic rings. The largest absolute Gasteiger partial charge is 0.384 e. The molecule has 0 unspecified atom stereocenters. The number of anilines is 1. The zero-order valence-electron chi connectivity index (χ0n) is 11.1. The van der Waals surface area contributed by atoms with Crippen LogP contribution in [0.3, 0.4) is 0 Å². The molecule has 0 radical (unpaired) electrons. The highest BCUT2D eigenvalue weighted by molar-refractivity contribution is 7.92. The van der Waals surface area contributed by atoms with Crippen LogP contribution in [0.4, 0.5) is 5.95 Å². The summed E-state index contributed by atoms with van der Waals surface area (Å²) in [4.78, 5) is 3.84. The molecule has 7 nitrogen and oxygen atoms in total. The van der Waals surface area contributed by atoms with Gasteiger partial charge in [-0.3, -0.25) is 0 Å². The van der Waals surface area contributed by atoms with E-state index >= 15 is 0 Å². The minimum Gasteiger partial charge on any atom is -0.384 e. The smallest absolute Gasteiger partial charge is 0.264 e. The average Bonchev–Trinajstić information content (AvgIpc) is 2.47. The maximum Gasteiger partial charge on any atom is 0.264 e. The molecule has 0 fully saturated rings. The average molecular weight is 304 g/mol. The van der Waals surface area contributed by atoms with Crippen LogP contribution in [0.5, 0.6) is 0 Å². The van der Waals surface area contributed by atoms with E-state index in [0.717, 1.165) is 0 Å². The number of hydrogen-bond donors (Lipinski definition) is 2. The van der Waals surface area contributed by atoms with Crippen molar-refractivity contribution in [2.45, 2.75) is 11.8 Å². The Morgan fingerprint density at radius 2 is 2.14 bits per heavy atom. The Hall–Kier alpha value is -2.50. The summed E-state index contributed by atoms with van der Waals surface area (Å²) in [5, 5.41) is 15.8. The van der Waals surface area contributed by atoms with Crippen molar-refractivity contribution in [3.05, 3.63) is 41.7 Å². The Morgan fingerprint density at radius 1 is 1.33 bits per heavy atom. The molecule has 1 aromatic heterocycles. The highest BCUT2D eigenvalue weighted by Gasteiger charge is 2.18. The topological polar surface area (TPSA) is 105 Å². The van der Waals surface area contributed by atoms with Crippen molar-refractivity contribution in [2.75, 3.05) is 11.3 Å². The number of aliphatic hydroxyl groups excluding tert-OH is 1. The van der Waals surface area contributed by atoms with Crippen molar-refractivity contribution < 1.29 is 13.5 Å². The van der Waals surface area contributed by atoms with Gasteiger partial charge in [-0.2, -0.15) is 5.10 Å². The van der Waals surface area contributed by atoms with Crippen LogP contribution in [0, 0.1) is 18.8 Å². The van der Waals surface area contributed by atoms with Gasteiger partial charge < -0.3 is 5.11 Å². The Kier molecular flexibility index (Phi) is 4.47. The third-order valence-electron chi connectivity index (χ3n) is 2.50. The number of sulfonamides is 1. The number of aryl methyl sites for hydroxylation is 1. The summed E-state index contributed by atoms with van der Waals surface area (Å²) in [6.07, 6.45) is 2.68. The highest BCUT2D eigenvalue weighted by Crippen LogP contribution is 2.18. The summed E-state index contributed by atoms with van der Waals surface area (Å²) < 4.78 is 26.9. The molecular formula is C13H12N4O3S. The molecule has 108 valence electrons. The molecule has 0 atom stereocenters. The zero-order valence-corrected chi connectivity index (χ0v) is 11.9. The second-order valence-electron chi connectivity index (χ2n) is 4.01. The van der Waals surface area contributed by atoms with Crippen molar-refractivity contribution in [1.82, 2.24) is 15.2 Å². The first kappa shape index (κ1) is 14.9. The van der Waals surface area contributed by atoms with Gasteiger partial charge in [0.1, 0.15) is 6.61 Å². The third kappa shape index (κ3) is 3.75. The lowest BCUT2D eigenvalue weighted by Gasteiger charge is -2.09. The Labute approximate surface area is 122 Å². The Bertz CT molecular complexity index is 795. The van der Waals surface area contributed by atoms with E-state index in [0.29, 0.717) is 11.1 Å². The van der Waals surface area contributed by atoms with Crippen LogP contribution < -0.4 is 4.72 Å². The van der Waals surface area contributed by atoms with Crippen molar-refractivity contribution in [3.63, 3.8) is 0 Å². The van der Waals surface area contributed by atoms with Gasteiger partial charge in [0, 0.05) is 5.56 Å². The van der Waals surface area contributed by atoms with Gasteiger partial charge in [0.25, 0.3) is 16.0 Å². The van der Waals surface area contributed by atoms with E-state index in [4.69, 9.17) is 5.11 Å². The predicted molar refractivity (Wildman–Crippen MR) is 75.8 cm³/mol. The van der Waals surface area contributed by atoms with Crippen LogP contribution in [0.1, 0.15) is 11.1 Å². The van der Waals surface area contributed by atoms with Crippen LogP contribution in [0.15, 0.2) is 35.5 Å². The molecule has 21 heavy (non-hydrogen) atoms. The lowest BCUT2D eigenvalue weighted by atomic mass is 10.1. The molecule has 0 bridgehead atoms. The van der Waals surface area contributed by atoms with Crippen LogP contribution in [0.2, 0.25) is 0 Å². The van der Waals surface area contributed by atoms with Crippen LogP contribution in [0.25, 0.3) is 0 Å². The maximum atomic E-state index is 12.3. The minimum absolute atomic E-state index is 0.0692. The Balaban J connectivity index is 2.39. The first-order chi connectivity index (χ1) is 10.0. The van der Waals surface area contributed by atoms with Crippen molar-refractivity contribution >= 4 is 16.0 Å². The van der Waals surface area contributed by atoms with E-state index in [-0.39, 0.29) is 17.5 Å². The fourth-order valence-electron chi connectivity index (χ4n) is 1.58. The predicted octanol–water partition coefficient (Wildman–Crippen LogP) is 0.325. The van der Waals surface area contributed by atoms with E-state index in [9.17, 15) is 8.42 Å². The van der Waals surface area contributed by atoms with E-state index in [1.807, 2.05) is 0 Å². The van der Waals surface area contributed by atoms with Gasteiger partial charge in [0.15, 0.2) is 0 Å². The van der Waals surface area contributed by atoms with Crippen molar-refractivity contribution in [1.29, 1.82) is 0 Å². The molecule has 2 N–H and O–H groups in total. The van der Waals surface area contributed by atoms with Gasteiger partial charge in [0.05, 0.1) is 17.3 Å². The molecule has 2 aromatic rings. The Morgan fingerprint density at radius 3 is 2.81 bits per heavy atom. The lowest BCUT2D eigenvalue weighted by Crippen LogP contribution is -2.16. The van der Waals surface area contributed by atoms with Crippen LogP contribution in [-0.4, -0.2) is 35.3 Å². The van der Waals surface area contributed by atoms with Crippen LogP contribution >= 0.6 is 0 Å². The standard InChI is InChI=1S/C13H12N4O3S/c1-10-4-5-11(3-2-8-18)9-12(10)21(19,20)17-13-14-6-7-15-16-13/h4-7,9,18H,8H2,1H3,(H,14,16,17). The summed E-state index contributed by atoms with van der Waals surface area (Å²) in [6.45, 7) is 1.37. The summed E-state index contributed by atoms with van der Waals surface area (Å²) in [5.41, 5.74) is 1.04. The van der Waals surface area contributed by atoms with E-state index in [1.54, 1.807) is 19.1 Å².